The average molecular weight is 317 g/mol. The van der Waals surface area contributed by atoms with E-state index < -0.39 is 10.0 Å². The number of sulfonamides is 1. The Bertz CT molecular complexity index is 595. The van der Waals surface area contributed by atoms with Crippen LogP contribution in [0.5, 0.6) is 0 Å². The molecule has 0 saturated heterocycles. The molecule has 1 heterocycles. The first kappa shape index (κ1) is 17.7. The van der Waals surface area contributed by atoms with Crippen LogP contribution < -0.4 is 5.32 Å². The summed E-state index contributed by atoms with van der Waals surface area (Å²) in [7, 11) is -0.644. The van der Waals surface area contributed by atoms with Gasteiger partial charge in [0.25, 0.3) is 5.91 Å². The molecular weight excluding hydrogens is 294 g/mol. The normalized spacial score (nSPS) is 13.4. The Morgan fingerprint density at radius 3 is 2.62 bits per heavy atom. The van der Waals surface area contributed by atoms with E-state index in [0.717, 1.165) is 0 Å². The highest BCUT2D eigenvalue weighted by Crippen LogP contribution is 2.21. The molecule has 21 heavy (non-hydrogen) atoms. The van der Waals surface area contributed by atoms with Crippen LogP contribution >= 0.6 is 0 Å². The summed E-state index contributed by atoms with van der Waals surface area (Å²) in [6.07, 6.45) is 2.04. The second-order valence-electron chi connectivity index (χ2n) is 4.85. The molecule has 7 nitrogen and oxygen atoms in total. The summed E-state index contributed by atoms with van der Waals surface area (Å²) < 4.78 is 28.1. The second-order valence-corrected chi connectivity index (χ2v) is 6.74. The standard InChI is InChI=1S/C13H23N3O4S/c1-5-10(2)16(6-7-17)21(19,20)11-8-12(13(18)14-3)15(4)9-11/h8-10,17H,5-7H2,1-4H3,(H,14,18). The van der Waals surface area contributed by atoms with Crippen LogP contribution in [0.3, 0.4) is 0 Å². The van der Waals surface area contributed by atoms with Crippen LogP contribution in [0.1, 0.15) is 30.8 Å². The molecule has 1 rings (SSSR count). The number of carbonyl (C=O) groups excluding carboxylic acids is 1. The molecule has 0 aliphatic heterocycles. The van der Waals surface area contributed by atoms with Gasteiger partial charge in [0, 0.05) is 32.9 Å². The van der Waals surface area contributed by atoms with Crippen molar-refractivity contribution in [3.8, 4) is 0 Å². The molecule has 0 radical (unpaired) electrons. The highest BCUT2D eigenvalue weighted by molar-refractivity contribution is 7.89. The first-order valence-electron chi connectivity index (χ1n) is 6.80. The van der Waals surface area contributed by atoms with Gasteiger partial charge in [-0.3, -0.25) is 4.79 Å². The van der Waals surface area contributed by atoms with E-state index in [2.05, 4.69) is 5.32 Å². The Morgan fingerprint density at radius 2 is 2.14 bits per heavy atom. The van der Waals surface area contributed by atoms with E-state index in [-0.39, 0.29) is 35.7 Å². The Labute approximate surface area is 125 Å². The topological polar surface area (TPSA) is 91.6 Å². The van der Waals surface area contributed by atoms with Crippen molar-refractivity contribution in [2.45, 2.75) is 31.2 Å². The van der Waals surface area contributed by atoms with Gasteiger partial charge in [-0.1, -0.05) is 6.92 Å². The average Bonchev–Trinajstić information content (AvgIpc) is 2.85. The van der Waals surface area contributed by atoms with Crippen molar-refractivity contribution in [3.05, 3.63) is 18.0 Å². The first-order chi connectivity index (χ1) is 9.79. The molecule has 8 heteroatoms. The predicted molar refractivity (Wildman–Crippen MR) is 79.5 cm³/mol. The third-order valence-electron chi connectivity index (χ3n) is 3.45. The number of amides is 1. The fourth-order valence-electron chi connectivity index (χ4n) is 2.04. The van der Waals surface area contributed by atoms with Crippen molar-refractivity contribution in [1.82, 2.24) is 14.2 Å². The minimum Gasteiger partial charge on any atom is -0.395 e. The molecule has 0 spiro atoms. The summed E-state index contributed by atoms with van der Waals surface area (Å²) in [5.74, 6) is -0.351. The van der Waals surface area contributed by atoms with Gasteiger partial charge in [-0.15, -0.1) is 0 Å². The van der Waals surface area contributed by atoms with Crippen molar-refractivity contribution in [3.63, 3.8) is 0 Å². The van der Waals surface area contributed by atoms with Crippen molar-refractivity contribution in [2.75, 3.05) is 20.2 Å². The lowest BCUT2D eigenvalue weighted by molar-refractivity contribution is 0.0955. The Hall–Kier alpha value is -1.38. The monoisotopic (exact) mass is 317 g/mol. The number of aliphatic hydroxyl groups excluding tert-OH is 1. The second kappa shape index (κ2) is 7.06. The lowest BCUT2D eigenvalue weighted by atomic mass is 10.3. The van der Waals surface area contributed by atoms with Gasteiger partial charge in [-0.25, -0.2) is 8.42 Å². The number of aryl methyl sites for hydroxylation is 1. The fraction of sp³-hybridized carbons (Fsp3) is 0.615. The number of hydrogen-bond donors (Lipinski definition) is 2. The molecule has 1 aromatic heterocycles. The lowest BCUT2D eigenvalue weighted by Gasteiger charge is -2.26. The number of aromatic nitrogens is 1. The van der Waals surface area contributed by atoms with Gasteiger partial charge >= 0.3 is 0 Å². The SMILES string of the molecule is CCC(C)N(CCO)S(=O)(=O)c1cc(C(=O)NC)n(C)c1. The summed E-state index contributed by atoms with van der Waals surface area (Å²) in [4.78, 5) is 11.7. The molecule has 120 valence electrons. The number of carbonyl (C=O) groups is 1. The number of nitrogens with zero attached hydrogens (tertiary/aromatic N) is 2. The third-order valence-corrected chi connectivity index (χ3v) is 5.43. The highest BCUT2D eigenvalue weighted by atomic mass is 32.2. The summed E-state index contributed by atoms with van der Waals surface area (Å²) >= 11 is 0. The Kier molecular flexibility index (Phi) is 5.94. The molecule has 0 fully saturated rings. The quantitative estimate of drug-likeness (QED) is 0.750. The molecular formula is C13H23N3O4S. The summed E-state index contributed by atoms with van der Waals surface area (Å²) in [6.45, 7) is 3.45. The first-order valence-corrected chi connectivity index (χ1v) is 8.24. The zero-order valence-electron chi connectivity index (χ0n) is 12.8. The smallest absolute Gasteiger partial charge is 0.267 e. The molecule has 2 N–H and O–H groups in total. The molecule has 0 aliphatic rings. The Balaban J connectivity index is 3.25. The number of aliphatic hydroxyl groups is 1. The molecule has 0 bridgehead atoms. The van der Waals surface area contributed by atoms with Crippen LogP contribution in [0.25, 0.3) is 0 Å². The molecule has 1 atom stereocenters. The molecule has 0 saturated carbocycles. The van der Waals surface area contributed by atoms with Crippen LogP contribution in [0.4, 0.5) is 0 Å². The maximum atomic E-state index is 12.7. The van der Waals surface area contributed by atoms with E-state index >= 15 is 0 Å². The Morgan fingerprint density at radius 1 is 1.52 bits per heavy atom. The van der Waals surface area contributed by atoms with Crippen molar-refractivity contribution in [1.29, 1.82) is 0 Å². The van der Waals surface area contributed by atoms with E-state index in [9.17, 15) is 13.2 Å². The largest absolute Gasteiger partial charge is 0.395 e. The van der Waals surface area contributed by atoms with Crippen LogP contribution in [0.15, 0.2) is 17.2 Å². The zero-order chi connectivity index (χ0) is 16.2. The highest BCUT2D eigenvalue weighted by Gasteiger charge is 2.29. The maximum absolute atomic E-state index is 12.7. The van der Waals surface area contributed by atoms with Gasteiger partial charge in [-0.2, -0.15) is 4.31 Å². The van der Waals surface area contributed by atoms with Gasteiger partial charge in [0.1, 0.15) is 10.6 Å². The number of hydrogen-bond acceptors (Lipinski definition) is 4. The third kappa shape index (κ3) is 3.63. The van der Waals surface area contributed by atoms with E-state index in [1.54, 1.807) is 14.0 Å². The van der Waals surface area contributed by atoms with E-state index in [0.29, 0.717) is 6.42 Å². The summed E-state index contributed by atoms with van der Waals surface area (Å²) in [5.41, 5.74) is 0.268. The van der Waals surface area contributed by atoms with Gasteiger partial charge in [0.15, 0.2) is 0 Å². The van der Waals surface area contributed by atoms with Crippen LogP contribution in [0.2, 0.25) is 0 Å². The fourth-order valence-corrected chi connectivity index (χ4v) is 3.81. The van der Waals surface area contributed by atoms with E-state index in [1.165, 1.54) is 28.2 Å². The van der Waals surface area contributed by atoms with Gasteiger partial charge < -0.3 is 15.0 Å². The van der Waals surface area contributed by atoms with E-state index in [4.69, 9.17) is 5.11 Å². The van der Waals surface area contributed by atoms with Crippen molar-refractivity contribution in [2.24, 2.45) is 7.05 Å². The van der Waals surface area contributed by atoms with Gasteiger partial charge in [0.2, 0.25) is 10.0 Å². The number of nitrogens with one attached hydrogen (secondary N) is 1. The molecule has 0 aromatic carbocycles. The van der Waals surface area contributed by atoms with Crippen molar-refractivity contribution >= 4 is 15.9 Å². The van der Waals surface area contributed by atoms with Crippen LogP contribution in [0, 0.1) is 0 Å². The summed E-state index contributed by atoms with van der Waals surface area (Å²) in [5, 5.41) is 11.6. The minimum atomic E-state index is -3.75. The number of rotatable bonds is 7. The van der Waals surface area contributed by atoms with Crippen LogP contribution in [-0.4, -0.2) is 54.5 Å². The molecule has 1 unspecified atom stereocenters. The lowest BCUT2D eigenvalue weighted by Crippen LogP contribution is -2.40. The van der Waals surface area contributed by atoms with Crippen LogP contribution in [-0.2, 0) is 17.1 Å². The molecule has 1 aromatic rings. The van der Waals surface area contributed by atoms with E-state index in [1.807, 2.05) is 6.92 Å². The zero-order valence-corrected chi connectivity index (χ0v) is 13.6. The maximum Gasteiger partial charge on any atom is 0.267 e. The minimum absolute atomic E-state index is 0.0293. The van der Waals surface area contributed by atoms with Gasteiger partial charge in [0.05, 0.1) is 6.61 Å². The molecule has 0 aliphatic carbocycles. The van der Waals surface area contributed by atoms with Gasteiger partial charge in [-0.05, 0) is 19.4 Å². The summed E-state index contributed by atoms with van der Waals surface area (Å²) in [6, 6.07) is 1.12. The molecule has 1 amide bonds. The predicted octanol–water partition coefficient (Wildman–Crippen LogP) is 0.166. The van der Waals surface area contributed by atoms with Crippen molar-refractivity contribution < 1.29 is 18.3 Å².